The summed E-state index contributed by atoms with van der Waals surface area (Å²) in [6.45, 7) is 0.227. The van der Waals surface area contributed by atoms with Gasteiger partial charge in [0.05, 0.1) is 0 Å². The van der Waals surface area contributed by atoms with Crippen molar-refractivity contribution in [2.45, 2.75) is 12.8 Å². The molecular weight excluding hydrogens is 227 g/mol. The van der Waals surface area contributed by atoms with E-state index in [0.717, 1.165) is 17.3 Å². The number of alkyl halides is 1. The van der Waals surface area contributed by atoms with E-state index in [1.807, 2.05) is 12.2 Å². The van der Waals surface area contributed by atoms with Gasteiger partial charge in [0.25, 0.3) is 0 Å². The zero-order valence-electron chi connectivity index (χ0n) is 5.31. The highest BCUT2D eigenvalue weighted by Crippen LogP contribution is 1.88. The second-order valence-electron chi connectivity index (χ2n) is 1.56. The summed E-state index contributed by atoms with van der Waals surface area (Å²) in [6, 6.07) is 0. The van der Waals surface area contributed by atoms with Crippen molar-refractivity contribution in [3.05, 3.63) is 17.9 Å². The lowest BCUT2D eigenvalue weighted by atomic mass is 10.4. The van der Waals surface area contributed by atoms with Crippen LogP contribution in [0.25, 0.3) is 0 Å². The Hall–Kier alpha value is 0.210. The van der Waals surface area contributed by atoms with Gasteiger partial charge in [0.15, 0.2) is 0 Å². The molecule has 0 saturated heterocycles. The van der Waals surface area contributed by atoms with Gasteiger partial charge in [0, 0.05) is 11.0 Å². The molecule has 0 rings (SSSR count). The molecule has 0 aromatic heterocycles. The lowest BCUT2D eigenvalue weighted by Gasteiger charge is -1.78. The van der Waals surface area contributed by atoms with E-state index in [1.54, 1.807) is 0 Å². The molecule has 0 unspecified atom stereocenters. The van der Waals surface area contributed by atoms with Crippen LogP contribution in [0, 0.1) is 0 Å². The predicted octanol–water partition coefficient (Wildman–Crippen LogP) is 1.91. The van der Waals surface area contributed by atoms with Crippen molar-refractivity contribution >= 4 is 22.6 Å². The topological polar surface area (TPSA) is 20.2 Å². The molecule has 0 radical (unpaired) electrons. The third-order valence-electron chi connectivity index (χ3n) is 0.763. The van der Waals surface area contributed by atoms with Gasteiger partial charge in [-0.1, -0.05) is 22.6 Å². The maximum Gasteiger partial charge on any atom is 0.0471 e. The van der Waals surface area contributed by atoms with Crippen LogP contribution in [0.2, 0.25) is 0 Å². The molecule has 0 amide bonds. The van der Waals surface area contributed by atoms with E-state index >= 15 is 0 Å². The van der Waals surface area contributed by atoms with E-state index in [0.29, 0.717) is 0 Å². The van der Waals surface area contributed by atoms with E-state index in [1.165, 1.54) is 0 Å². The third kappa shape index (κ3) is 8.21. The van der Waals surface area contributed by atoms with Crippen molar-refractivity contribution in [3.63, 3.8) is 0 Å². The Labute approximate surface area is 69.6 Å². The summed E-state index contributed by atoms with van der Waals surface area (Å²) in [6.07, 6.45) is 5.63. The Morgan fingerprint density at radius 3 is 2.56 bits per heavy atom. The van der Waals surface area contributed by atoms with Crippen LogP contribution in [0.5, 0.6) is 0 Å². The molecule has 0 saturated carbocycles. The van der Waals surface area contributed by atoms with Gasteiger partial charge in [-0.2, -0.15) is 0 Å². The predicted molar refractivity (Wildman–Crippen MR) is 47.9 cm³/mol. The van der Waals surface area contributed by atoms with Crippen LogP contribution in [-0.4, -0.2) is 16.1 Å². The molecule has 1 N–H and O–H groups in total. The van der Waals surface area contributed by atoms with Crippen molar-refractivity contribution in [2.24, 2.45) is 0 Å². The van der Waals surface area contributed by atoms with Gasteiger partial charge in [-0.3, -0.25) is 0 Å². The van der Waals surface area contributed by atoms with Gasteiger partial charge in [-0.05, 0) is 25.0 Å². The summed E-state index contributed by atoms with van der Waals surface area (Å²) in [5.74, 6) is 0. The average Bonchev–Trinajstić information content (AvgIpc) is 1.89. The molecule has 0 aliphatic heterocycles. The summed E-state index contributed by atoms with van der Waals surface area (Å²) in [5, 5.41) is 8.34. The fourth-order valence-corrected chi connectivity index (χ4v) is 0.681. The highest BCUT2D eigenvalue weighted by molar-refractivity contribution is 14.1. The summed E-state index contributed by atoms with van der Waals surface area (Å²) in [4.78, 5) is 0. The molecule has 0 aliphatic carbocycles. The Morgan fingerprint density at radius 1 is 1.33 bits per heavy atom. The first-order valence-electron chi connectivity index (χ1n) is 2.98. The molecule has 0 bridgehead atoms. The quantitative estimate of drug-likeness (QED) is 0.450. The van der Waals surface area contributed by atoms with E-state index in [-0.39, 0.29) is 6.61 Å². The molecule has 9 heavy (non-hydrogen) atoms. The lowest BCUT2D eigenvalue weighted by Crippen LogP contribution is -1.73. The fourth-order valence-electron chi connectivity index (χ4n) is 0.369. The van der Waals surface area contributed by atoms with Crippen LogP contribution in [0.4, 0.5) is 0 Å². The van der Waals surface area contributed by atoms with Gasteiger partial charge < -0.3 is 5.11 Å². The maximum atomic E-state index is 8.34. The molecule has 2 heteroatoms. The van der Waals surface area contributed by atoms with E-state index < -0.39 is 0 Å². The van der Waals surface area contributed by atoms with Crippen LogP contribution >= 0.6 is 22.6 Å². The van der Waals surface area contributed by atoms with Gasteiger partial charge >= 0.3 is 0 Å². The molecule has 52 valence electrons. The minimum atomic E-state index is 0.227. The number of halogens is 1. The average molecular weight is 238 g/mol. The van der Waals surface area contributed by atoms with E-state index in [9.17, 15) is 0 Å². The molecule has 0 fully saturated rings. The van der Waals surface area contributed by atoms with Crippen molar-refractivity contribution in [1.82, 2.24) is 0 Å². The lowest BCUT2D eigenvalue weighted by molar-refractivity contribution is 0.302. The van der Waals surface area contributed by atoms with Crippen LogP contribution in [0.1, 0.15) is 12.8 Å². The summed E-state index contributed by atoms with van der Waals surface area (Å²) >= 11 is 2.31. The summed E-state index contributed by atoms with van der Waals surface area (Å²) < 4.78 is 1.14. The van der Waals surface area contributed by atoms with Crippen molar-refractivity contribution in [2.75, 3.05) is 11.0 Å². The van der Waals surface area contributed by atoms with Gasteiger partial charge in [0.2, 0.25) is 0 Å². The number of aliphatic hydroxyl groups is 1. The zero-order valence-corrected chi connectivity index (χ0v) is 7.47. The smallest absolute Gasteiger partial charge is 0.0471 e. The highest BCUT2D eigenvalue weighted by Gasteiger charge is 1.70. The summed E-state index contributed by atoms with van der Waals surface area (Å²) in [5.41, 5.74) is 2.97. The first kappa shape index (κ1) is 9.21. The molecule has 0 atom stereocenters. The van der Waals surface area contributed by atoms with E-state index in [2.05, 4.69) is 28.3 Å². The Morgan fingerprint density at radius 2 is 2.00 bits per heavy atom. The first-order chi connectivity index (χ1) is 4.41. The summed E-state index contributed by atoms with van der Waals surface area (Å²) in [7, 11) is 0. The largest absolute Gasteiger partial charge is 0.396 e. The standard InChI is InChI=1S/C7H11IO/c8-6-4-2-1-3-5-7-9/h2-3,9H,4-7H2. The minimum absolute atomic E-state index is 0.227. The number of hydrogen-bond donors (Lipinski definition) is 1. The van der Waals surface area contributed by atoms with E-state index in [4.69, 9.17) is 5.11 Å². The number of hydrogen-bond acceptors (Lipinski definition) is 1. The maximum absolute atomic E-state index is 8.34. The third-order valence-corrected chi connectivity index (χ3v) is 1.39. The Balaban J connectivity index is 3.18. The Kier molecular flexibility index (Phi) is 8.40. The molecule has 1 nitrogen and oxygen atoms in total. The number of rotatable bonds is 4. The highest BCUT2D eigenvalue weighted by atomic mass is 127. The normalized spacial score (nSPS) is 8.22. The van der Waals surface area contributed by atoms with Crippen LogP contribution in [0.15, 0.2) is 17.9 Å². The monoisotopic (exact) mass is 238 g/mol. The second kappa shape index (κ2) is 8.21. The zero-order chi connectivity index (χ0) is 6.95. The van der Waals surface area contributed by atoms with Crippen molar-refractivity contribution in [1.29, 1.82) is 0 Å². The molecule has 0 heterocycles. The molecule has 0 aliphatic rings. The molecule has 0 aromatic rings. The molecular formula is C7H11IO. The van der Waals surface area contributed by atoms with Gasteiger partial charge in [-0.15, -0.1) is 5.73 Å². The van der Waals surface area contributed by atoms with Gasteiger partial charge in [-0.25, -0.2) is 0 Å². The van der Waals surface area contributed by atoms with Crippen LogP contribution < -0.4 is 0 Å². The minimum Gasteiger partial charge on any atom is -0.396 e. The Bertz CT molecular complexity index is 93.5. The van der Waals surface area contributed by atoms with Crippen LogP contribution in [-0.2, 0) is 0 Å². The van der Waals surface area contributed by atoms with Crippen LogP contribution in [0.3, 0.4) is 0 Å². The van der Waals surface area contributed by atoms with Crippen molar-refractivity contribution < 1.29 is 5.11 Å². The number of aliphatic hydroxyl groups excluding tert-OH is 1. The second-order valence-corrected chi connectivity index (χ2v) is 2.64. The van der Waals surface area contributed by atoms with Crippen molar-refractivity contribution in [3.8, 4) is 0 Å². The fraction of sp³-hybridized carbons (Fsp3) is 0.571. The first-order valence-corrected chi connectivity index (χ1v) is 4.50. The molecule has 0 aromatic carbocycles. The SMILES string of the molecule is OCCC=C=CCCI. The molecule has 0 spiro atoms. The van der Waals surface area contributed by atoms with Gasteiger partial charge in [0.1, 0.15) is 0 Å².